The van der Waals surface area contributed by atoms with Crippen molar-refractivity contribution in [3.05, 3.63) is 48.6 Å². The summed E-state index contributed by atoms with van der Waals surface area (Å²) in [5.41, 5.74) is 1.24. The van der Waals surface area contributed by atoms with E-state index in [2.05, 4.69) is 18.7 Å². The van der Waals surface area contributed by atoms with Gasteiger partial charge in [-0.1, -0.05) is 36.4 Å². The summed E-state index contributed by atoms with van der Waals surface area (Å²) >= 11 is 0. The molecule has 1 aromatic rings. The molecule has 0 amide bonds. The van der Waals surface area contributed by atoms with Crippen LogP contribution in [-0.4, -0.2) is 12.8 Å². The summed E-state index contributed by atoms with van der Waals surface area (Å²) in [6.45, 7) is 2.75. The summed E-state index contributed by atoms with van der Waals surface area (Å²) < 4.78 is 26.0. The number of allylic oxidation sites excluding steroid dienone is 1. The van der Waals surface area contributed by atoms with Crippen LogP contribution >= 0.6 is 0 Å². The summed E-state index contributed by atoms with van der Waals surface area (Å²) in [5, 5.41) is 0. The van der Waals surface area contributed by atoms with Gasteiger partial charge >= 0.3 is 0 Å². The lowest BCUT2D eigenvalue weighted by Gasteiger charge is -2.42. The molecule has 4 atom stereocenters. The lowest BCUT2D eigenvalue weighted by molar-refractivity contribution is 0.101. The Labute approximate surface area is 101 Å². The van der Waals surface area contributed by atoms with Crippen LogP contribution in [0.1, 0.15) is 24.3 Å². The van der Waals surface area contributed by atoms with Crippen molar-refractivity contribution >= 4 is 0 Å². The molecule has 92 valence electrons. The number of alkyl halides is 2. The average Bonchev–Trinajstić information content (AvgIpc) is 2.34. The third-order valence-electron chi connectivity index (χ3n) is 3.89. The van der Waals surface area contributed by atoms with Gasteiger partial charge in [-0.25, -0.2) is 8.78 Å². The molecule has 0 saturated heterocycles. The van der Waals surface area contributed by atoms with Crippen molar-refractivity contribution in [3.8, 4) is 0 Å². The molecule has 0 bridgehead atoms. The molecule has 0 nitrogen and oxygen atoms in total. The first kappa shape index (κ1) is 12.3. The highest BCUT2D eigenvalue weighted by molar-refractivity contribution is 5.23. The molecule has 1 aliphatic rings. The van der Waals surface area contributed by atoms with Crippen LogP contribution in [0.15, 0.2) is 43.0 Å². The van der Waals surface area contributed by atoms with Gasteiger partial charge in [0.25, 0.3) is 0 Å². The number of hydrogen-bond donors (Lipinski definition) is 0. The van der Waals surface area contributed by atoms with Crippen LogP contribution in [-0.2, 0) is 0 Å². The van der Waals surface area contributed by atoms with Crippen molar-refractivity contribution in [2.45, 2.75) is 24.9 Å². The molecule has 0 aliphatic heterocycles. The second-order valence-electron chi connectivity index (χ2n) is 4.74. The highest BCUT2D eigenvalue weighted by Crippen LogP contribution is 2.48. The molecule has 1 saturated carbocycles. The van der Waals surface area contributed by atoms with Gasteiger partial charge in [-0.2, -0.15) is 0 Å². The van der Waals surface area contributed by atoms with E-state index in [1.807, 2.05) is 18.2 Å². The van der Waals surface area contributed by atoms with Crippen LogP contribution < -0.4 is 0 Å². The second kappa shape index (κ2) is 5.44. The van der Waals surface area contributed by atoms with Gasteiger partial charge in [-0.15, -0.1) is 6.58 Å². The zero-order valence-electron chi connectivity index (χ0n) is 9.86. The van der Waals surface area contributed by atoms with E-state index in [4.69, 9.17) is 0 Å². The van der Waals surface area contributed by atoms with Crippen molar-refractivity contribution < 1.29 is 8.78 Å². The monoisotopic (exact) mass is 236 g/mol. The first-order valence-electron chi connectivity index (χ1n) is 6.15. The van der Waals surface area contributed by atoms with Gasteiger partial charge in [0.05, 0.1) is 0 Å². The lowest BCUT2D eigenvalue weighted by Crippen LogP contribution is -2.35. The molecule has 2 heteroatoms. The fourth-order valence-corrected chi connectivity index (χ4v) is 2.79. The molecular weight excluding hydrogens is 218 g/mol. The predicted molar refractivity (Wildman–Crippen MR) is 66.5 cm³/mol. The average molecular weight is 236 g/mol. The molecule has 0 aromatic heterocycles. The molecule has 1 aliphatic carbocycles. The topological polar surface area (TPSA) is 0 Å². The minimum Gasteiger partial charge on any atom is -0.248 e. The third-order valence-corrected chi connectivity index (χ3v) is 3.89. The molecule has 4 unspecified atom stereocenters. The van der Waals surface area contributed by atoms with Gasteiger partial charge in [0.1, 0.15) is 12.8 Å². The minimum absolute atomic E-state index is 0.209. The van der Waals surface area contributed by atoms with E-state index in [0.717, 1.165) is 12.8 Å². The largest absolute Gasteiger partial charge is 0.248 e. The molecular formula is C15H18F2. The van der Waals surface area contributed by atoms with Gasteiger partial charge in [0, 0.05) is 5.92 Å². The number of halogens is 2. The van der Waals surface area contributed by atoms with Gasteiger partial charge in [0.15, 0.2) is 0 Å². The second-order valence-corrected chi connectivity index (χ2v) is 4.74. The quantitative estimate of drug-likeness (QED) is 0.669. The first-order valence-corrected chi connectivity index (χ1v) is 6.15. The van der Waals surface area contributed by atoms with E-state index in [0.29, 0.717) is 5.92 Å². The highest BCUT2D eigenvalue weighted by atomic mass is 19.2. The summed E-state index contributed by atoms with van der Waals surface area (Å²) in [6.07, 6.45) is 2.22. The van der Waals surface area contributed by atoms with Crippen molar-refractivity contribution in [2.75, 3.05) is 6.67 Å². The van der Waals surface area contributed by atoms with Crippen molar-refractivity contribution in [1.29, 1.82) is 0 Å². The van der Waals surface area contributed by atoms with E-state index in [-0.39, 0.29) is 11.8 Å². The number of rotatable bonds is 5. The lowest BCUT2D eigenvalue weighted by atomic mass is 9.63. The summed E-state index contributed by atoms with van der Waals surface area (Å²) in [4.78, 5) is 0. The fraction of sp³-hybridized carbons (Fsp3) is 0.467. The van der Waals surface area contributed by atoms with Crippen molar-refractivity contribution in [1.82, 2.24) is 0 Å². The number of hydrogen-bond acceptors (Lipinski definition) is 0. The van der Waals surface area contributed by atoms with Gasteiger partial charge in [-0.05, 0) is 30.2 Å². The Kier molecular flexibility index (Phi) is 3.93. The van der Waals surface area contributed by atoms with Crippen LogP contribution in [0.4, 0.5) is 8.78 Å². The number of benzene rings is 1. The van der Waals surface area contributed by atoms with E-state index in [1.165, 1.54) is 5.56 Å². The first-order chi connectivity index (χ1) is 8.27. The zero-order chi connectivity index (χ0) is 12.3. The van der Waals surface area contributed by atoms with E-state index < -0.39 is 12.8 Å². The van der Waals surface area contributed by atoms with Gasteiger partial charge < -0.3 is 0 Å². The Balaban J connectivity index is 2.10. The Morgan fingerprint density at radius 2 is 2.00 bits per heavy atom. The Morgan fingerprint density at radius 1 is 1.29 bits per heavy atom. The summed E-state index contributed by atoms with van der Waals surface area (Å²) in [5.74, 6) is 0.226. The summed E-state index contributed by atoms with van der Waals surface area (Å²) in [6, 6.07) is 10.1. The van der Waals surface area contributed by atoms with Crippen LogP contribution in [0.2, 0.25) is 0 Å². The van der Waals surface area contributed by atoms with E-state index in [9.17, 15) is 8.78 Å². The van der Waals surface area contributed by atoms with Crippen LogP contribution in [0.5, 0.6) is 0 Å². The van der Waals surface area contributed by atoms with Gasteiger partial charge in [-0.3, -0.25) is 0 Å². The maximum atomic E-state index is 13.5. The molecule has 0 heterocycles. The molecule has 1 aromatic carbocycles. The zero-order valence-corrected chi connectivity index (χ0v) is 9.86. The van der Waals surface area contributed by atoms with E-state index in [1.54, 1.807) is 6.08 Å². The Bertz CT molecular complexity index is 360. The maximum absolute atomic E-state index is 13.5. The molecule has 2 rings (SSSR count). The molecule has 17 heavy (non-hydrogen) atoms. The molecule has 0 spiro atoms. The molecule has 0 N–H and O–H groups in total. The molecule has 0 radical (unpaired) electrons. The summed E-state index contributed by atoms with van der Waals surface area (Å²) in [7, 11) is 0. The molecule has 1 fully saturated rings. The van der Waals surface area contributed by atoms with Crippen LogP contribution in [0, 0.1) is 11.8 Å². The Morgan fingerprint density at radius 3 is 2.47 bits per heavy atom. The predicted octanol–water partition coefficient (Wildman–Crippen LogP) is 4.29. The van der Waals surface area contributed by atoms with Crippen molar-refractivity contribution in [3.63, 3.8) is 0 Å². The van der Waals surface area contributed by atoms with Gasteiger partial charge in [0.2, 0.25) is 0 Å². The Hall–Kier alpha value is -1.18. The minimum atomic E-state index is -1.40. The SMILES string of the molecule is C=CC(C(F)CF)C1CCC1c1ccccc1. The normalized spacial score (nSPS) is 26.9. The maximum Gasteiger partial charge on any atom is 0.135 e. The van der Waals surface area contributed by atoms with Crippen molar-refractivity contribution in [2.24, 2.45) is 11.8 Å². The van der Waals surface area contributed by atoms with Crippen LogP contribution in [0.25, 0.3) is 0 Å². The highest BCUT2D eigenvalue weighted by Gasteiger charge is 2.39. The standard InChI is InChI=1S/C15H18F2/c1-2-12(15(17)10-16)14-9-8-13(14)11-6-4-3-5-7-11/h2-7,12-15H,1,8-10H2. The smallest absolute Gasteiger partial charge is 0.135 e. The third kappa shape index (κ3) is 2.41. The fourth-order valence-electron chi connectivity index (χ4n) is 2.79. The van der Waals surface area contributed by atoms with Crippen LogP contribution in [0.3, 0.4) is 0 Å². The van der Waals surface area contributed by atoms with E-state index >= 15 is 0 Å².